The molecule has 0 aliphatic carbocycles. The number of rotatable bonds is 2. The van der Waals surface area contributed by atoms with Crippen molar-refractivity contribution in [3.63, 3.8) is 0 Å². The molecule has 1 heterocycles. The topological polar surface area (TPSA) is 3.24 Å². The molecule has 21 heavy (non-hydrogen) atoms. The van der Waals surface area contributed by atoms with E-state index < -0.39 is 0 Å². The zero-order chi connectivity index (χ0) is 17.0. The van der Waals surface area contributed by atoms with Crippen molar-refractivity contribution in [3.05, 3.63) is 59.3 Å². The molecule has 0 bridgehead atoms. The molecule has 0 atom stereocenters. The van der Waals surface area contributed by atoms with Gasteiger partial charge in [0, 0.05) is 13.1 Å². The first-order valence-electron chi connectivity index (χ1n) is 8.03. The van der Waals surface area contributed by atoms with Gasteiger partial charge < -0.3 is 0 Å². The normalized spacial score (nSPS) is 21.0. The van der Waals surface area contributed by atoms with Gasteiger partial charge in [0.05, 0.1) is 0 Å². The molecule has 1 aliphatic rings. The fraction of sp³-hybridized carbons (Fsp3) is 0.500. The standard InChI is InChI=1S/C16H23N.2C2H6/c1-7-13(5)16-14(8-2)10-17(6)11-15(16)9-12(3)4;2*1-2/h7-9H,1,3,10-11H2,2,4-6H3;2*1-2H3/b14-8-,15-9-,16-13+;;. The predicted octanol–water partition coefficient (Wildman–Crippen LogP) is 5.94. The highest BCUT2D eigenvalue weighted by molar-refractivity contribution is 5.56. The summed E-state index contributed by atoms with van der Waals surface area (Å²) in [6.45, 7) is 24.1. The minimum atomic E-state index is 0.977. The molecule has 0 N–H and O–H groups in total. The van der Waals surface area contributed by atoms with E-state index in [-0.39, 0.29) is 0 Å². The quantitative estimate of drug-likeness (QED) is 0.608. The maximum absolute atomic E-state index is 3.98. The second-order valence-corrected chi connectivity index (χ2v) is 4.76. The number of likely N-dealkylation sites (tertiary alicyclic amines) is 1. The van der Waals surface area contributed by atoms with Crippen LogP contribution < -0.4 is 0 Å². The van der Waals surface area contributed by atoms with Gasteiger partial charge in [-0.3, -0.25) is 4.90 Å². The molecule has 1 fully saturated rings. The molecule has 1 rings (SSSR count). The van der Waals surface area contributed by atoms with Gasteiger partial charge in [0.1, 0.15) is 0 Å². The van der Waals surface area contributed by atoms with Gasteiger partial charge in [0.25, 0.3) is 0 Å². The van der Waals surface area contributed by atoms with E-state index in [2.05, 4.69) is 51.1 Å². The molecule has 0 aromatic heterocycles. The van der Waals surface area contributed by atoms with E-state index in [1.165, 1.54) is 22.3 Å². The summed E-state index contributed by atoms with van der Waals surface area (Å²) in [6.07, 6.45) is 6.32. The van der Waals surface area contributed by atoms with Crippen LogP contribution in [0, 0.1) is 0 Å². The lowest BCUT2D eigenvalue weighted by atomic mass is 9.88. The molecule has 120 valence electrons. The molecule has 0 aromatic carbocycles. The number of likely N-dealkylation sites (N-methyl/N-ethyl adjacent to an activating group) is 1. The number of piperidine rings is 1. The number of nitrogens with zero attached hydrogens (tertiary/aromatic N) is 1. The van der Waals surface area contributed by atoms with Crippen LogP contribution in [0.15, 0.2) is 59.3 Å². The van der Waals surface area contributed by atoms with Crippen LogP contribution in [-0.4, -0.2) is 25.0 Å². The van der Waals surface area contributed by atoms with Gasteiger partial charge in [-0.15, -0.1) is 0 Å². The van der Waals surface area contributed by atoms with Gasteiger partial charge in [-0.25, -0.2) is 0 Å². The molecular weight excluding hydrogens is 254 g/mol. The average Bonchev–Trinajstić information content (AvgIpc) is 2.49. The zero-order valence-corrected chi connectivity index (χ0v) is 15.5. The summed E-state index contributed by atoms with van der Waals surface area (Å²) in [5.41, 5.74) is 6.42. The lowest BCUT2D eigenvalue weighted by Gasteiger charge is -2.31. The van der Waals surface area contributed by atoms with E-state index in [0.717, 1.165) is 18.7 Å². The number of hydrogen-bond donors (Lipinski definition) is 0. The Morgan fingerprint density at radius 2 is 1.52 bits per heavy atom. The summed E-state index contributed by atoms with van der Waals surface area (Å²) < 4.78 is 0. The molecule has 0 unspecified atom stereocenters. The monoisotopic (exact) mass is 289 g/mol. The van der Waals surface area contributed by atoms with Crippen molar-refractivity contribution in [1.29, 1.82) is 0 Å². The molecular formula is C20H35N. The van der Waals surface area contributed by atoms with Crippen LogP contribution in [-0.2, 0) is 0 Å². The largest absolute Gasteiger partial charge is 0.298 e. The van der Waals surface area contributed by atoms with Crippen molar-refractivity contribution in [1.82, 2.24) is 4.90 Å². The smallest absolute Gasteiger partial charge is 0.0240 e. The second kappa shape index (κ2) is 12.4. The number of hydrogen-bond acceptors (Lipinski definition) is 1. The van der Waals surface area contributed by atoms with E-state index in [1.807, 2.05) is 40.7 Å². The Labute approximate surface area is 133 Å². The third-order valence-electron chi connectivity index (χ3n) is 2.99. The van der Waals surface area contributed by atoms with E-state index in [4.69, 9.17) is 0 Å². The summed E-state index contributed by atoms with van der Waals surface area (Å²) in [4.78, 5) is 2.32. The van der Waals surface area contributed by atoms with Crippen LogP contribution in [0.25, 0.3) is 0 Å². The van der Waals surface area contributed by atoms with Gasteiger partial charge in [-0.1, -0.05) is 64.7 Å². The third-order valence-corrected chi connectivity index (χ3v) is 2.99. The van der Waals surface area contributed by atoms with E-state index in [1.54, 1.807) is 0 Å². The molecule has 0 spiro atoms. The molecule has 0 amide bonds. The maximum Gasteiger partial charge on any atom is 0.0240 e. The molecule has 0 radical (unpaired) electrons. The van der Waals surface area contributed by atoms with Gasteiger partial charge in [0.15, 0.2) is 0 Å². The fourth-order valence-electron chi connectivity index (χ4n) is 2.26. The zero-order valence-electron chi connectivity index (χ0n) is 15.5. The number of allylic oxidation sites excluding steroid dienone is 5. The lowest BCUT2D eigenvalue weighted by molar-refractivity contribution is 0.382. The Bertz CT molecular complexity index is 419. The van der Waals surface area contributed by atoms with Crippen LogP contribution in [0.2, 0.25) is 0 Å². The van der Waals surface area contributed by atoms with Crippen LogP contribution in [0.1, 0.15) is 48.5 Å². The van der Waals surface area contributed by atoms with Crippen molar-refractivity contribution in [3.8, 4) is 0 Å². The van der Waals surface area contributed by atoms with Gasteiger partial charge in [-0.2, -0.15) is 0 Å². The first kappa shape index (κ1) is 21.9. The highest BCUT2D eigenvalue weighted by Crippen LogP contribution is 2.30. The van der Waals surface area contributed by atoms with Crippen molar-refractivity contribution in [2.24, 2.45) is 0 Å². The van der Waals surface area contributed by atoms with E-state index in [0.29, 0.717) is 0 Å². The predicted molar refractivity (Wildman–Crippen MR) is 99.7 cm³/mol. The molecule has 1 nitrogen and oxygen atoms in total. The summed E-state index contributed by atoms with van der Waals surface area (Å²) in [7, 11) is 2.15. The fourth-order valence-corrected chi connectivity index (χ4v) is 2.26. The van der Waals surface area contributed by atoms with Crippen molar-refractivity contribution in [2.75, 3.05) is 20.1 Å². The van der Waals surface area contributed by atoms with E-state index in [9.17, 15) is 0 Å². The minimum absolute atomic E-state index is 0.977. The molecule has 1 aliphatic heterocycles. The SMILES string of the molecule is C=C/C(C)=C1C(=C/C)\CN(C)CC\1=C\C(=C)C.CC.CC. The third kappa shape index (κ3) is 7.29. The van der Waals surface area contributed by atoms with Crippen molar-refractivity contribution < 1.29 is 0 Å². The van der Waals surface area contributed by atoms with Gasteiger partial charge >= 0.3 is 0 Å². The first-order valence-corrected chi connectivity index (χ1v) is 8.03. The summed E-state index contributed by atoms with van der Waals surface area (Å²) in [5.74, 6) is 0. The van der Waals surface area contributed by atoms with Gasteiger partial charge in [0.2, 0.25) is 0 Å². The Morgan fingerprint density at radius 1 is 1.05 bits per heavy atom. The molecule has 0 aromatic rings. The molecule has 1 heteroatoms. The van der Waals surface area contributed by atoms with Crippen LogP contribution >= 0.6 is 0 Å². The Kier molecular flexibility index (Phi) is 13.0. The Hall–Kier alpha value is -1.34. The van der Waals surface area contributed by atoms with Crippen LogP contribution in [0.5, 0.6) is 0 Å². The minimum Gasteiger partial charge on any atom is -0.298 e. The van der Waals surface area contributed by atoms with E-state index >= 15 is 0 Å². The molecule has 0 saturated carbocycles. The molecule has 1 saturated heterocycles. The summed E-state index contributed by atoms with van der Waals surface area (Å²) in [6, 6.07) is 0. The summed E-state index contributed by atoms with van der Waals surface area (Å²) >= 11 is 0. The Morgan fingerprint density at radius 3 is 1.90 bits per heavy atom. The van der Waals surface area contributed by atoms with Crippen LogP contribution in [0.4, 0.5) is 0 Å². The first-order chi connectivity index (χ1) is 9.99. The van der Waals surface area contributed by atoms with Gasteiger partial charge in [-0.05, 0) is 50.1 Å². The van der Waals surface area contributed by atoms with Crippen molar-refractivity contribution in [2.45, 2.75) is 48.5 Å². The highest BCUT2D eigenvalue weighted by atomic mass is 15.1. The van der Waals surface area contributed by atoms with Crippen LogP contribution in [0.3, 0.4) is 0 Å². The van der Waals surface area contributed by atoms with Crippen molar-refractivity contribution >= 4 is 0 Å². The highest BCUT2D eigenvalue weighted by Gasteiger charge is 2.20. The Balaban J connectivity index is 0. The second-order valence-electron chi connectivity index (χ2n) is 4.76. The average molecular weight is 290 g/mol. The maximum atomic E-state index is 3.98. The summed E-state index contributed by atoms with van der Waals surface area (Å²) in [5, 5.41) is 0. The lowest BCUT2D eigenvalue weighted by Crippen LogP contribution is -2.31.